The molecule has 0 aliphatic rings. The molecule has 1 atom stereocenters. The molecule has 0 aromatic heterocycles. The summed E-state index contributed by atoms with van der Waals surface area (Å²) in [5, 5.41) is 0. The van der Waals surface area contributed by atoms with E-state index < -0.39 is 0 Å². The van der Waals surface area contributed by atoms with Gasteiger partial charge in [-0.25, -0.2) is 0 Å². The summed E-state index contributed by atoms with van der Waals surface area (Å²) in [7, 11) is 0. The Bertz CT molecular complexity index is 166. The van der Waals surface area contributed by atoms with Gasteiger partial charge >= 0.3 is 5.97 Å². The molecule has 0 bridgehead atoms. The van der Waals surface area contributed by atoms with Gasteiger partial charge in [0.2, 0.25) is 0 Å². The van der Waals surface area contributed by atoms with Crippen LogP contribution in [0.1, 0.15) is 72.1 Å². The molecule has 0 saturated heterocycles. The van der Waals surface area contributed by atoms with Crippen molar-refractivity contribution in [3.05, 3.63) is 0 Å². The van der Waals surface area contributed by atoms with Crippen LogP contribution < -0.4 is 0 Å². The normalized spacial score (nSPS) is 12.4. The van der Waals surface area contributed by atoms with Gasteiger partial charge in [-0.3, -0.25) is 4.79 Å². The zero-order chi connectivity index (χ0) is 12.2. The predicted octanol–water partition coefficient (Wildman–Crippen LogP) is 4.33. The van der Waals surface area contributed by atoms with Crippen LogP contribution in [0.25, 0.3) is 0 Å². The van der Waals surface area contributed by atoms with Gasteiger partial charge in [0.25, 0.3) is 0 Å². The first-order valence-electron chi connectivity index (χ1n) is 6.90. The van der Waals surface area contributed by atoms with Crippen molar-refractivity contribution in [2.24, 2.45) is 5.92 Å². The Morgan fingerprint density at radius 1 is 1.00 bits per heavy atom. The van der Waals surface area contributed by atoms with Crippen molar-refractivity contribution in [1.29, 1.82) is 0 Å². The Balaban J connectivity index is 3.83. The van der Waals surface area contributed by atoms with Gasteiger partial charge in [-0.15, -0.1) is 0 Å². The lowest BCUT2D eigenvalue weighted by molar-refractivity contribution is -0.144. The molecule has 0 aliphatic heterocycles. The van der Waals surface area contributed by atoms with Crippen LogP contribution in [-0.2, 0) is 9.53 Å². The largest absolute Gasteiger partial charge is 0.466 e. The summed E-state index contributed by atoms with van der Waals surface area (Å²) in [4.78, 5) is 11.4. The second kappa shape index (κ2) is 11.0. The Morgan fingerprint density at radius 3 is 2.19 bits per heavy atom. The number of carbonyl (C=O) groups is 1. The molecule has 0 spiro atoms. The van der Waals surface area contributed by atoms with Crippen LogP contribution in [0.3, 0.4) is 0 Å². The second-order valence-corrected chi connectivity index (χ2v) is 4.51. The molecule has 96 valence electrons. The van der Waals surface area contributed by atoms with Crippen molar-refractivity contribution in [1.82, 2.24) is 0 Å². The summed E-state index contributed by atoms with van der Waals surface area (Å²) in [5.41, 5.74) is 0. The van der Waals surface area contributed by atoms with Crippen molar-refractivity contribution in [2.45, 2.75) is 72.1 Å². The lowest BCUT2D eigenvalue weighted by Crippen LogP contribution is -2.12. The van der Waals surface area contributed by atoms with Crippen molar-refractivity contribution in [3.8, 4) is 0 Å². The highest BCUT2D eigenvalue weighted by Crippen LogP contribution is 2.20. The SMILES string of the molecule is CCCCCC(CCCC)CC(=O)OCC. The van der Waals surface area contributed by atoms with E-state index in [1.807, 2.05) is 6.92 Å². The predicted molar refractivity (Wildman–Crippen MR) is 68.4 cm³/mol. The summed E-state index contributed by atoms with van der Waals surface area (Å²) in [6.45, 7) is 6.80. The van der Waals surface area contributed by atoms with Crippen molar-refractivity contribution >= 4 is 5.97 Å². The molecule has 0 amide bonds. The van der Waals surface area contributed by atoms with Crippen LogP contribution in [-0.4, -0.2) is 12.6 Å². The number of carbonyl (C=O) groups excluding carboxylic acids is 1. The minimum atomic E-state index is -0.0138. The molecule has 16 heavy (non-hydrogen) atoms. The molecule has 2 nitrogen and oxygen atoms in total. The smallest absolute Gasteiger partial charge is 0.306 e. The third-order valence-corrected chi connectivity index (χ3v) is 2.94. The lowest BCUT2D eigenvalue weighted by atomic mass is 9.92. The van der Waals surface area contributed by atoms with E-state index in [9.17, 15) is 4.79 Å². The Morgan fingerprint density at radius 2 is 1.62 bits per heavy atom. The van der Waals surface area contributed by atoms with E-state index in [0.717, 1.165) is 0 Å². The number of hydrogen-bond donors (Lipinski definition) is 0. The first kappa shape index (κ1) is 15.5. The van der Waals surface area contributed by atoms with Crippen LogP contribution in [0.2, 0.25) is 0 Å². The molecule has 0 rings (SSSR count). The van der Waals surface area contributed by atoms with Gasteiger partial charge in [-0.05, 0) is 25.7 Å². The Kier molecular flexibility index (Phi) is 10.6. The van der Waals surface area contributed by atoms with Gasteiger partial charge in [0, 0.05) is 6.42 Å². The molecule has 0 fully saturated rings. The zero-order valence-electron chi connectivity index (χ0n) is 11.3. The summed E-state index contributed by atoms with van der Waals surface area (Å²) in [6.07, 6.45) is 9.22. The van der Waals surface area contributed by atoms with E-state index in [1.165, 1.54) is 44.9 Å². The standard InChI is InChI=1S/C14H28O2/c1-4-7-9-11-13(10-8-5-2)12-14(15)16-6-3/h13H,4-12H2,1-3H3. The van der Waals surface area contributed by atoms with Crippen LogP contribution >= 0.6 is 0 Å². The minimum absolute atomic E-state index is 0.0138. The van der Waals surface area contributed by atoms with Crippen LogP contribution in [0.15, 0.2) is 0 Å². The van der Waals surface area contributed by atoms with E-state index in [1.54, 1.807) is 0 Å². The van der Waals surface area contributed by atoms with Gasteiger partial charge in [0.1, 0.15) is 0 Å². The highest BCUT2D eigenvalue weighted by molar-refractivity contribution is 5.69. The maximum atomic E-state index is 11.4. The molecule has 0 aromatic rings. The Labute approximate surface area is 101 Å². The fraction of sp³-hybridized carbons (Fsp3) is 0.929. The summed E-state index contributed by atoms with van der Waals surface area (Å²) < 4.78 is 5.02. The molecule has 0 aromatic carbocycles. The monoisotopic (exact) mass is 228 g/mol. The molecule has 0 saturated carbocycles. The van der Waals surface area contributed by atoms with Crippen LogP contribution in [0.5, 0.6) is 0 Å². The van der Waals surface area contributed by atoms with Gasteiger partial charge in [-0.1, -0.05) is 46.0 Å². The average molecular weight is 228 g/mol. The van der Waals surface area contributed by atoms with Gasteiger partial charge in [0.05, 0.1) is 6.61 Å². The van der Waals surface area contributed by atoms with E-state index in [-0.39, 0.29) is 5.97 Å². The number of unbranched alkanes of at least 4 members (excludes halogenated alkanes) is 3. The first-order chi connectivity index (χ1) is 7.74. The molecular formula is C14H28O2. The highest BCUT2D eigenvalue weighted by atomic mass is 16.5. The molecule has 0 N–H and O–H groups in total. The number of rotatable bonds is 10. The van der Waals surface area contributed by atoms with E-state index in [0.29, 0.717) is 18.9 Å². The molecule has 0 radical (unpaired) electrons. The molecule has 1 unspecified atom stereocenters. The van der Waals surface area contributed by atoms with Crippen LogP contribution in [0, 0.1) is 5.92 Å². The van der Waals surface area contributed by atoms with E-state index in [2.05, 4.69) is 13.8 Å². The number of esters is 1. The second-order valence-electron chi connectivity index (χ2n) is 4.51. The van der Waals surface area contributed by atoms with Gasteiger partial charge in [-0.2, -0.15) is 0 Å². The third kappa shape index (κ3) is 8.75. The lowest BCUT2D eigenvalue weighted by Gasteiger charge is -2.15. The quantitative estimate of drug-likeness (QED) is 0.411. The molecular weight excluding hydrogens is 200 g/mol. The topological polar surface area (TPSA) is 26.3 Å². The minimum Gasteiger partial charge on any atom is -0.466 e. The maximum absolute atomic E-state index is 11.4. The van der Waals surface area contributed by atoms with E-state index >= 15 is 0 Å². The van der Waals surface area contributed by atoms with Crippen molar-refractivity contribution < 1.29 is 9.53 Å². The van der Waals surface area contributed by atoms with Gasteiger partial charge in [0.15, 0.2) is 0 Å². The molecule has 2 heteroatoms. The average Bonchev–Trinajstić information content (AvgIpc) is 2.26. The first-order valence-corrected chi connectivity index (χ1v) is 6.90. The highest BCUT2D eigenvalue weighted by Gasteiger charge is 2.13. The summed E-state index contributed by atoms with van der Waals surface area (Å²) >= 11 is 0. The number of ether oxygens (including phenoxy) is 1. The Hall–Kier alpha value is -0.530. The fourth-order valence-electron chi connectivity index (χ4n) is 1.98. The molecule has 0 heterocycles. The van der Waals surface area contributed by atoms with Crippen LogP contribution in [0.4, 0.5) is 0 Å². The summed E-state index contributed by atoms with van der Waals surface area (Å²) in [6, 6.07) is 0. The maximum Gasteiger partial charge on any atom is 0.306 e. The van der Waals surface area contributed by atoms with Crippen molar-refractivity contribution in [2.75, 3.05) is 6.61 Å². The number of hydrogen-bond acceptors (Lipinski definition) is 2. The summed E-state index contributed by atoms with van der Waals surface area (Å²) in [5.74, 6) is 0.533. The van der Waals surface area contributed by atoms with Gasteiger partial charge < -0.3 is 4.74 Å². The van der Waals surface area contributed by atoms with E-state index in [4.69, 9.17) is 4.74 Å². The third-order valence-electron chi connectivity index (χ3n) is 2.94. The fourth-order valence-corrected chi connectivity index (χ4v) is 1.98. The van der Waals surface area contributed by atoms with Crippen molar-refractivity contribution in [3.63, 3.8) is 0 Å². The zero-order valence-corrected chi connectivity index (χ0v) is 11.3. The molecule has 0 aliphatic carbocycles.